The quantitative estimate of drug-likeness (QED) is 0.847. The molecule has 0 amide bonds. The fourth-order valence-corrected chi connectivity index (χ4v) is 3.02. The standard InChI is InChI=1S/C14H21IN2/c1-11(2)16-13-6-4-8-17(10-13)14-7-3-5-12(15)9-14/h3,5,7,9,11,13,16H,4,6,8,10H2,1-2H3. The van der Waals surface area contributed by atoms with Crippen LogP contribution in [0.3, 0.4) is 0 Å². The third-order valence-corrected chi connectivity index (χ3v) is 3.83. The number of hydrogen-bond donors (Lipinski definition) is 1. The third kappa shape index (κ3) is 3.85. The largest absolute Gasteiger partial charge is 0.370 e. The van der Waals surface area contributed by atoms with Gasteiger partial charge in [0.25, 0.3) is 0 Å². The van der Waals surface area contributed by atoms with Crippen LogP contribution in [0.15, 0.2) is 24.3 Å². The molecule has 1 aliphatic rings. The molecule has 2 nitrogen and oxygen atoms in total. The lowest BCUT2D eigenvalue weighted by Crippen LogP contribution is -2.47. The average molecular weight is 344 g/mol. The van der Waals surface area contributed by atoms with Crippen molar-refractivity contribution in [1.29, 1.82) is 0 Å². The molecule has 3 heteroatoms. The molecule has 1 atom stereocenters. The first-order valence-corrected chi connectivity index (χ1v) is 7.49. The molecule has 1 fully saturated rings. The zero-order chi connectivity index (χ0) is 12.3. The summed E-state index contributed by atoms with van der Waals surface area (Å²) in [5, 5.41) is 3.65. The van der Waals surface area contributed by atoms with Crippen LogP contribution in [0.4, 0.5) is 5.69 Å². The Morgan fingerprint density at radius 2 is 2.24 bits per heavy atom. The number of piperidine rings is 1. The molecule has 1 N–H and O–H groups in total. The minimum atomic E-state index is 0.579. The Bertz CT molecular complexity index is 365. The molecule has 0 saturated carbocycles. The van der Waals surface area contributed by atoms with Crippen LogP contribution >= 0.6 is 22.6 Å². The van der Waals surface area contributed by atoms with Crippen molar-refractivity contribution in [1.82, 2.24) is 5.32 Å². The molecule has 1 aliphatic heterocycles. The molecular weight excluding hydrogens is 323 g/mol. The van der Waals surface area contributed by atoms with E-state index in [1.807, 2.05) is 0 Å². The highest BCUT2D eigenvalue weighted by Crippen LogP contribution is 2.21. The molecule has 17 heavy (non-hydrogen) atoms. The minimum absolute atomic E-state index is 0.579. The predicted molar refractivity (Wildman–Crippen MR) is 82.7 cm³/mol. The maximum absolute atomic E-state index is 3.65. The second-order valence-electron chi connectivity index (χ2n) is 5.09. The van der Waals surface area contributed by atoms with E-state index < -0.39 is 0 Å². The fraction of sp³-hybridized carbons (Fsp3) is 0.571. The van der Waals surface area contributed by atoms with Gasteiger partial charge in [-0.15, -0.1) is 0 Å². The summed E-state index contributed by atoms with van der Waals surface area (Å²) in [7, 11) is 0. The van der Waals surface area contributed by atoms with Crippen molar-refractivity contribution in [2.24, 2.45) is 0 Å². The monoisotopic (exact) mass is 344 g/mol. The number of hydrogen-bond acceptors (Lipinski definition) is 2. The minimum Gasteiger partial charge on any atom is -0.370 e. The Morgan fingerprint density at radius 1 is 1.41 bits per heavy atom. The lowest BCUT2D eigenvalue weighted by Gasteiger charge is -2.35. The first-order valence-electron chi connectivity index (χ1n) is 6.41. The molecule has 1 saturated heterocycles. The summed E-state index contributed by atoms with van der Waals surface area (Å²) in [5.41, 5.74) is 1.37. The van der Waals surface area contributed by atoms with E-state index in [0.29, 0.717) is 12.1 Å². The van der Waals surface area contributed by atoms with Gasteiger partial charge in [0.1, 0.15) is 0 Å². The maximum atomic E-state index is 3.65. The van der Waals surface area contributed by atoms with Crippen molar-refractivity contribution < 1.29 is 0 Å². The van der Waals surface area contributed by atoms with Crippen molar-refractivity contribution in [3.63, 3.8) is 0 Å². The zero-order valence-corrected chi connectivity index (χ0v) is 12.8. The van der Waals surface area contributed by atoms with E-state index in [1.54, 1.807) is 0 Å². The van der Waals surface area contributed by atoms with E-state index in [0.717, 1.165) is 6.54 Å². The van der Waals surface area contributed by atoms with Crippen molar-refractivity contribution in [2.45, 2.75) is 38.8 Å². The molecule has 0 spiro atoms. The number of halogens is 1. The van der Waals surface area contributed by atoms with E-state index in [9.17, 15) is 0 Å². The highest BCUT2D eigenvalue weighted by atomic mass is 127. The number of rotatable bonds is 3. The number of nitrogens with one attached hydrogen (secondary N) is 1. The molecule has 0 aliphatic carbocycles. The topological polar surface area (TPSA) is 15.3 Å². The van der Waals surface area contributed by atoms with Gasteiger partial charge in [0.15, 0.2) is 0 Å². The van der Waals surface area contributed by atoms with Gasteiger partial charge in [0.2, 0.25) is 0 Å². The number of nitrogens with zero attached hydrogens (tertiary/aromatic N) is 1. The summed E-state index contributed by atoms with van der Waals surface area (Å²) in [6, 6.07) is 10.0. The van der Waals surface area contributed by atoms with Crippen LogP contribution in [-0.4, -0.2) is 25.2 Å². The summed E-state index contributed by atoms with van der Waals surface area (Å²) >= 11 is 2.38. The zero-order valence-electron chi connectivity index (χ0n) is 10.6. The third-order valence-electron chi connectivity index (χ3n) is 3.16. The normalized spacial score (nSPS) is 20.9. The van der Waals surface area contributed by atoms with Gasteiger partial charge in [0, 0.05) is 34.4 Å². The second-order valence-corrected chi connectivity index (χ2v) is 6.33. The van der Waals surface area contributed by atoms with Crippen LogP contribution in [-0.2, 0) is 0 Å². The second kappa shape index (κ2) is 6.05. The SMILES string of the molecule is CC(C)NC1CCCN(c2cccc(I)c2)C1. The van der Waals surface area contributed by atoms with Gasteiger partial charge in [-0.25, -0.2) is 0 Å². The van der Waals surface area contributed by atoms with Gasteiger partial charge < -0.3 is 10.2 Å². The Balaban J connectivity index is 2.02. The fourth-order valence-electron chi connectivity index (χ4n) is 2.49. The molecule has 0 radical (unpaired) electrons. The number of benzene rings is 1. The lowest BCUT2D eigenvalue weighted by atomic mass is 10.0. The molecule has 0 aromatic heterocycles. The van der Waals surface area contributed by atoms with Crippen LogP contribution in [0.2, 0.25) is 0 Å². The smallest absolute Gasteiger partial charge is 0.0377 e. The van der Waals surface area contributed by atoms with Crippen LogP contribution in [0.1, 0.15) is 26.7 Å². The summed E-state index contributed by atoms with van der Waals surface area (Å²) in [5.74, 6) is 0. The van der Waals surface area contributed by atoms with E-state index >= 15 is 0 Å². The van der Waals surface area contributed by atoms with E-state index in [-0.39, 0.29) is 0 Å². The molecule has 1 aromatic carbocycles. The van der Waals surface area contributed by atoms with Gasteiger partial charge in [0.05, 0.1) is 0 Å². The van der Waals surface area contributed by atoms with Crippen LogP contribution in [0, 0.1) is 3.57 Å². The van der Waals surface area contributed by atoms with Crippen molar-refractivity contribution in [2.75, 3.05) is 18.0 Å². The van der Waals surface area contributed by atoms with E-state index in [2.05, 4.69) is 70.9 Å². The molecule has 0 bridgehead atoms. The molecule has 94 valence electrons. The van der Waals surface area contributed by atoms with Gasteiger partial charge in [-0.2, -0.15) is 0 Å². The number of anilines is 1. The highest BCUT2D eigenvalue weighted by Gasteiger charge is 2.20. The summed E-state index contributed by atoms with van der Waals surface area (Å²) in [6.07, 6.45) is 2.59. The van der Waals surface area contributed by atoms with Gasteiger partial charge >= 0.3 is 0 Å². The molecule has 1 aromatic rings. The van der Waals surface area contributed by atoms with Gasteiger partial charge in [-0.1, -0.05) is 19.9 Å². The summed E-state index contributed by atoms with van der Waals surface area (Å²) in [4.78, 5) is 2.51. The lowest BCUT2D eigenvalue weighted by molar-refractivity contribution is 0.395. The van der Waals surface area contributed by atoms with E-state index in [4.69, 9.17) is 0 Å². The average Bonchev–Trinajstić information content (AvgIpc) is 2.28. The Kier molecular flexibility index (Phi) is 4.68. The van der Waals surface area contributed by atoms with Crippen LogP contribution in [0.25, 0.3) is 0 Å². The van der Waals surface area contributed by atoms with Gasteiger partial charge in [-0.05, 0) is 53.6 Å². The molecule has 1 heterocycles. The summed E-state index contributed by atoms with van der Waals surface area (Å²) < 4.78 is 1.32. The first-order chi connectivity index (χ1) is 8.15. The molecular formula is C14H21IN2. The molecule has 1 unspecified atom stereocenters. The van der Waals surface area contributed by atoms with Crippen LogP contribution in [0.5, 0.6) is 0 Å². The maximum Gasteiger partial charge on any atom is 0.0377 e. The highest BCUT2D eigenvalue weighted by molar-refractivity contribution is 14.1. The Morgan fingerprint density at radius 3 is 2.94 bits per heavy atom. The predicted octanol–water partition coefficient (Wildman–Crippen LogP) is 3.26. The van der Waals surface area contributed by atoms with Crippen molar-refractivity contribution in [3.8, 4) is 0 Å². The Hall–Kier alpha value is -0.290. The van der Waals surface area contributed by atoms with Crippen molar-refractivity contribution >= 4 is 28.3 Å². The summed E-state index contributed by atoms with van der Waals surface area (Å²) in [6.45, 7) is 6.78. The first kappa shape index (κ1) is 13.1. The van der Waals surface area contributed by atoms with E-state index in [1.165, 1.54) is 28.6 Å². The van der Waals surface area contributed by atoms with Crippen molar-refractivity contribution in [3.05, 3.63) is 27.8 Å². The molecule has 2 rings (SSSR count). The van der Waals surface area contributed by atoms with Gasteiger partial charge in [-0.3, -0.25) is 0 Å². The van der Waals surface area contributed by atoms with Crippen LogP contribution < -0.4 is 10.2 Å². The Labute approximate surface area is 118 Å².